The van der Waals surface area contributed by atoms with Gasteiger partial charge in [-0.25, -0.2) is 0 Å². The van der Waals surface area contributed by atoms with Crippen molar-refractivity contribution >= 4 is 29.9 Å². The Bertz CT molecular complexity index is 528. The van der Waals surface area contributed by atoms with Crippen LogP contribution in [0, 0.1) is 0 Å². The molecule has 1 aliphatic heterocycles. The maximum absolute atomic E-state index is 5.73. The first-order chi connectivity index (χ1) is 11.6. The molecule has 0 aliphatic carbocycles. The predicted molar refractivity (Wildman–Crippen MR) is 116 cm³/mol. The molecule has 0 bridgehead atoms. The van der Waals surface area contributed by atoms with Crippen LogP contribution in [0.4, 0.5) is 0 Å². The molecule has 0 aromatic heterocycles. The van der Waals surface area contributed by atoms with Crippen LogP contribution in [0.2, 0.25) is 0 Å². The molecule has 0 spiro atoms. The van der Waals surface area contributed by atoms with Crippen LogP contribution in [0.25, 0.3) is 0 Å². The Morgan fingerprint density at radius 3 is 2.44 bits per heavy atom. The van der Waals surface area contributed by atoms with Crippen molar-refractivity contribution in [3.63, 3.8) is 0 Å². The van der Waals surface area contributed by atoms with E-state index in [1.807, 2.05) is 7.05 Å². The van der Waals surface area contributed by atoms with Crippen LogP contribution in [0.5, 0.6) is 0 Å². The summed E-state index contributed by atoms with van der Waals surface area (Å²) in [4.78, 5) is 9.01. The number of hydrogen-bond donors (Lipinski definition) is 1. The summed E-state index contributed by atoms with van der Waals surface area (Å²) < 4.78 is 5.73. The molecule has 0 saturated carbocycles. The van der Waals surface area contributed by atoms with Gasteiger partial charge in [0.15, 0.2) is 5.96 Å². The largest absolute Gasteiger partial charge is 0.378 e. The Balaban J connectivity index is 0.00000312. The summed E-state index contributed by atoms with van der Waals surface area (Å²) in [6.07, 6.45) is 2.56. The number of nitrogens with zero attached hydrogens (tertiary/aromatic N) is 3. The van der Waals surface area contributed by atoms with Gasteiger partial charge in [-0.05, 0) is 45.0 Å². The van der Waals surface area contributed by atoms with Crippen molar-refractivity contribution in [2.75, 3.05) is 40.8 Å². The highest BCUT2D eigenvalue weighted by Gasteiger charge is 2.21. The lowest BCUT2D eigenvalue weighted by Gasteiger charge is -2.34. The van der Waals surface area contributed by atoms with E-state index in [-0.39, 0.29) is 24.0 Å². The summed E-state index contributed by atoms with van der Waals surface area (Å²) in [5, 5.41) is 3.53. The fraction of sp³-hybridized carbons (Fsp3) is 0.632. The quantitative estimate of drug-likeness (QED) is 0.403. The minimum Gasteiger partial charge on any atom is -0.378 e. The maximum Gasteiger partial charge on any atom is 0.193 e. The van der Waals surface area contributed by atoms with E-state index in [0.29, 0.717) is 6.10 Å². The zero-order chi connectivity index (χ0) is 17.4. The Morgan fingerprint density at radius 2 is 1.88 bits per heavy atom. The Hall–Kier alpha value is -0.860. The Labute approximate surface area is 169 Å². The molecule has 0 unspecified atom stereocenters. The molecule has 1 heterocycles. The summed E-state index contributed by atoms with van der Waals surface area (Å²) in [5.41, 5.74) is 2.69. The van der Waals surface area contributed by atoms with Gasteiger partial charge < -0.3 is 19.9 Å². The number of hydrogen-bond acceptors (Lipinski definition) is 3. The average Bonchev–Trinajstić information content (AvgIpc) is 2.58. The first-order valence-electron chi connectivity index (χ1n) is 8.92. The van der Waals surface area contributed by atoms with E-state index in [1.54, 1.807) is 0 Å². The second kappa shape index (κ2) is 11.7. The second-order valence-electron chi connectivity index (χ2n) is 6.55. The number of halogens is 1. The number of likely N-dealkylation sites (tertiary alicyclic amines) is 1. The minimum atomic E-state index is 0. The van der Waals surface area contributed by atoms with Crippen molar-refractivity contribution in [3.05, 3.63) is 35.4 Å². The number of aliphatic imine (C=N–C) groups is 1. The molecule has 25 heavy (non-hydrogen) atoms. The number of guanidine groups is 1. The lowest BCUT2D eigenvalue weighted by molar-refractivity contribution is 0.0263. The van der Waals surface area contributed by atoms with Gasteiger partial charge in [0, 0.05) is 39.8 Å². The SMILES string of the molecule is CCOC1CCN(C(=NC)NCc2ccccc2CN(C)C)CC1.I. The van der Waals surface area contributed by atoms with E-state index in [4.69, 9.17) is 4.74 Å². The standard InChI is InChI=1S/C19H32N4O.HI/c1-5-24-18-10-12-23(13-11-18)19(20-2)21-14-16-8-6-7-9-17(16)15-22(3)4;/h6-9,18H,5,10-15H2,1-4H3,(H,20,21);1H. The molecule has 1 saturated heterocycles. The monoisotopic (exact) mass is 460 g/mol. The molecule has 0 radical (unpaired) electrons. The molecule has 142 valence electrons. The van der Waals surface area contributed by atoms with Crippen LogP contribution >= 0.6 is 24.0 Å². The fourth-order valence-corrected chi connectivity index (χ4v) is 3.20. The number of nitrogens with one attached hydrogen (secondary N) is 1. The average molecular weight is 460 g/mol. The summed E-state index contributed by atoms with van der Waals surface area (Å²) >= 11 is 0. The summed E-state index contributed by atoms with van der Waals surface area (Å²) in [6.45, 7) is 6.64. The minimum absolute atomic E-state index is 0. The van der Waals surface area contributed by atoms with Crippen molar-refractivity contribution in [2.45, 2.75) is 39.0 Å². The molecule has 1 aromatic carbocycles. The molecule has 1 aromatic rings. The van der Waals surface area contributed by atoms with E-state index >= 15 is 0 Å². The predicted octanol–water partition coefficient (Wildman–Crippen LogP) is 2.94. The van der Waals surface area contributed by atoms with Crippen LogP contribution < -0.4 is 5.32 Å². The van der Waals surface area contributed by atoms with Gasteiger partial charge in [0.1, 0.15) is 0 Å². The molecular formula is C19H33IN4O. The molecule has 0 atom stereocenters. The number of benzene rings is 1. The van der Waals surface area contributed by atoms with Gasteiger partial charge in [0.25, 0.3) is 0 Å². The van der Waals surface area contributed by atoms with Gasteiger partial charge in [-0.3, -0.25) is 4.99 Å². The molecule has 1 fully saturated rings. The van der Waals surface area contributed by atoms with Crippen LogP contribution in [-0.4, -0.2) is 62.7 Å². The zero-order valence-corrected chi connectivity index (χ0v) is 18.3. The van der Waals surface area contributed by atoms with Gasteiger partial charge in [-0.2, -0.15) is 0 Å². The molecular weight excluding hydrogens is 427 g/mol. The Kier molecular flexibility index (Phi) is 10.4. The van der Waals surface area contributed by atoms with Crippen molar-refractivity contribution < 1.29 is 4.74 Å². The lowest BCUT2D eigenvalue weighted by atomic mass is 10.1. The molecule has 1 N–H and O–H groups in total. The zero-order valence-electron chi connectivity index (χ0n) is 16.0. The van der Waals surface area contributed by atoms with Gasteiger partial charge in [-0.15, -0.1) is 24.0 Å². The van der Waals surface area contributed by atoms with E-state index in [9.17, 15) is 0 Å². The summed E-state index contributed by atoms with van der Waals surface area (Å²) in [6, 6.07) is 8.61. The second-order valence-corrected chi connectivity index (χ2v) is 6.55. The normalized spacial score (nSPS) is 16.0. The highest BCUT2D eigenvalue weighted by Crippen LogP contribution is 2.14. The first-order valence-corrected chi connectivity index (χ1v) is 8.92. The third kappa shape index (κ3) is 7.11. The van der Waals surface area contributed by atoms with Gasteiger partial charge in [0.05, 0.1) is 6.10 Å². The number of ether oxygens (including phenoxy) is 1. The topological polar surface area (TPSA) is 40.1 Å². The van der Waals surface area contributed by atoms with Crippen LogP contribution in [0.3, 0.4) is 0 Å². The van der Waals surface area contributed by atoms with Crippen molar-refractivity contribution in [2.24, 2.45) is 4.99 Å². The van der Waals surface area contributed by atoms with Crippen molar-refractivity contribution in [1.82, 2.24) is 15.1 Å². The number of rotatable bonds is 6. The summed E-state index contributed by atoms with van der Waals surface area (Å²) in [5.74, 6) is 0.990. The van der Waals surface area contributed by atoms with Crippen LogP contribution in [0.15, 0.2) is 29.3 Å². The van der Waals surface area contributed by atoms with Crippen molar-refractivity contribution in [1.29, 1.82) is 0 Å². The van der Waals surface area contributed by atoms with Crippen LogP contribution in [-0.2, 0) is 17.8 Å². The molecule has 5 nitrogen and oxygen atoms in total. The lowest BCUT2D eigenvalue weighted by Crippen LogP contribution is -2.46. The fourth-order valence-electron chi connectivity index (χ4n) is 3.20. The highest BCUT2D eigenvalue weighted by molar-refractivity contribution is 14.0. The van der Waals surface area contributed by atoms with Gasteiger partial charge >= 0.3 is 0 Å². The number of piperidine rings is 1. The molecule has 1 aliphatic rings. The molecule has 2 rings (SSSR count). The molecule has 0 amide bonds. The summed E-state index contributed by atoms with van der Waals surface area (Å²) in [7, 11) is 6.07. The third-order valence-electron chi connectivity index (χ3n) is 4.40. The van der Waals surface area contributed by atoms with Gasteiger partial charge in [-0.1, -0.05) is 24.3 Å². The van der Waals surface area contributed by atoms with Gasteiger partial charge in [0.2, 0.25) is 0 Å². The smallest absolute Gasteiger partial charge is 0.193 e. The highest BCUT2D eigenvalue weighted by atomic mass is 127. The van der Waals surface area contributed by atoms with E-state index in [2.05, 4.69) is 65.4 Å². The van der Waals surface area contributed by atoms with E-state index in [0.717, 1.165) is 51.6 Å². The maximum atomic E-state index is 5.73. The Morgan fingerprint density at radius 1 is 1.24 bits per heavy atom. The van der Waals surface area contributed by atoms with E-state index < -0.39 is 0 Å². The molecule has 6 heteroatoms. The van der Waals surface area contributed by atoms with Crippen LogP contribution in [0.1, 0.15) is 30.9 Å². The first kappa shape index (κ1) is 22.2. The van der Waals surface area contributed by atoms with E-state index in [1.165, 1.54) is 11.1 Å². The third-order valence-corrected chi connectivity index (χ3v) is 4.40. The van der Waals surface area contributed by atoms with Crippen molar-refractivity contribution in [3.8, 4) is 0 Å².